The van der Waals surface area contributed by atoms with E-state index in [9.17, 15) is 18.0 Å². The average Bonchev–Trinajstić information content (AvgIpc) is 3.23. The van der Waals surface area contributed by atoms with E-state index in [1.54, 1.807) is 22.0 Å². The maximum Gasteiger partial charge on any atom is 0.247 e. The Hall–Kier alpha value is -2.41. The van der Waals surface area contributed by atoms with Gasteiger partial charge in [0, 0.05) is 37.3 Å². The number of rotatable bonds is 6. The van der Waals surface area contributed by atoms with Crippen molar-refractivity contribution in [3.05, 3.63) is 48.6 Å². The number of sulfone groups is 1. The van der Waals surface area contributed by atoms with Crippen LogP contribution in [0.15, 0.2) is 43.0 Å². The second-order valence-corrected chi connectivity index (χ2v) is 9.14. The molecule has 1 atom stereocenters. The van der Waals surface area contributed by atoms with Gasteiger partial charge >= 0.3 is 0 Å². The van der Waals surface area contributed by atoms with E-state index in [-0.39, 0.29) is 29.4 Å². The lowest BCUT2D eigenvalue weighted by atomic mass is 10.1. The summed E-state index contributed by atoms with van der Waals surface area (Å²) in [6, 6.07) is 7.18. The predicted molar refractivity (Wildman–Crippen MR) is 106 cm³/mol. The van der Waals surface area contributed by atoms with Crippen molar-refractivity contribution in [2.45, 2.75) is 25.3 Å². The summed E-state index contributed by atoms with van der Waals surface area (Å²) in [6.07, 6.45) is 6.71. The van der Waals surface area contributed by atoms with Crippen LogP contribution in [0, 0.1) is 0 Å². The minimum absolute atomic E-state index is 0.0129. The summed E-state index contributed by atoms with van der Waals surface area (Å²) in [5.41, 5.74) is 1.71. The smallest absolute Gasteiger partial charge is 0.247 e. The number of amides is 2. The summed E-state index contributed by atoms with van der Waals surface area (Å²) in [7, 11) is -3.06. The Morgan fingerprint density at radius 2 is 2.04 bits per heavy atom. The molecule has 0 saturated carbocycles. The molecule has 0 spiro atoms. The minimum Gasteiger partial charge on any atom is -0.331 e. The van der Waals surface area contributed by atoms with Gasteiger partial charge < -0.3 is 9.80 Å². The van der Waals surface area contributed by atoms with Crippen LogP contribution in [0.4, 0.5) is 5.69 Å². The van der Waals surface area contributed by atoms with E-state index in [0.717, 1.165) is 24.2 Å². The number of benzene rings is 1. The summed E-state index contributed by atoms with van der Waals surface area (Å²) in [4.78, 5) is 27.7. The number of carbonyl (C=O) groups is 2. The third kappa shape index (κ3) is 4.66. The second-order valence-electron chi connectivity index (χ2n) is 6.91. The lowest BCUT2D eigenvalue weighted by Gasteiger charge is -2.25. The maximum atomic E-state index is 12.6. The van der Waals surface area contributed by atoms with E-state index in [0.29, 0.717) is 19.4 Å². The molecule has 2 saturated heterocycles. The molecule has 0 aromatic heterocycles. The first-order valence-corrected chi connectivity index (χ1v) is 10.9. The first-order chi connectivity index (χ1) is 12.9. The summed E-state index contributed by atoms with van der Waals surface area (Å²) in [5, 5.41) is 0. The van der Waals surface area contributed by atoms with Crippen molar-refractivity contribution >= 4 is 33.4 Å². The first kappa shape index (κ1) is 19.4. The number of anilines is 1. The normalized spacial score (nSPS) is 21.7. The van der Waals surface area contributed by atoms with Crippen molar-refractivity contribution in [1.29, 1.82) is 0 Å². The van der Waals surface area contributed by atoms with E-state index < -0.39 is 9.84 Å². The van der Waals surface area contributed by atoms with Crippen LogP contribution < -0.4 is 4.90 Å². The third-order valence-electron chi connectivity index (χ3n) is 4.95. The molecule has 27 heavy (non-hydrogen) atoms. The quantitative estimate of drug-likeness (QED) is 0.552. The number of hydrogen-bond acceptors (Lipinski definition) is 4. The van der Waals surface area contributed by atoms with E-state index in [1.807, 2.05) is 24.3 Å². The fourth-order valence-corrected chi connectivity index (χ4v) is 5.26. The van der Waals surface area contributed by atoms with Gasteiger partial charge in [0.05, 0.1) is 11.5 Å². The molecular formula is C20H24N2O4S. The highest BCUT2D eigenvalue weighted by atomic mass is 32.2. The third-order valence-corrected chi connectivity index (χ3v) is 6.70. The van der Waals surface area contributed by atoms with Crippen LogP contribution in [0.25, 0.3) is 6.08 Å². The van der Waals surface area contributed by atoms with Crippen molar-refractivity contribution in [3.8, 4) is 0 Å². The predicted octanol–water partition coefficient (Wildman–Crippen LogP) is 2.03. The Labute approximate surface area is 160 Å². The van der Waals surface area contributed by atoms with Crippen molar-refractivity contribution in [2.24, 2.45) is 0 Å². The molecule has 0 radical (unpaired) electrons. The Balaban J connectivity index is 1.67. The van der Waals surface area contributed by atoms with Gasteiger partial charge in [0.1, 0.15) is 0 Å². The molecule has 1 aromatic rings. The van der Waals surface area contributed by atoms with Crippen molar-refractivity contribution < 1.29 is 18.0 Å². The number of hydrogen-bond donors (Lipinski definition) is 0. The molecule has 2 amide bonds. The summed E-state index contributed by atoms with van der Waals surface area (Å²) < 4.78 is 23.4. The van der Waals surface area contributed by atoms with Crippen LogP contribution in [0.2, 0.25) is 0 Å². The van der Waals surface area contributed by atoms with E-state index in [1.165, 1.54) is 6.08 Å². The molecule has 0 N–H and O–H groups in total. The lowest BCUT2D eigenvalue weighted by Crippen LogP contribution is -2.40. The SMILES string of the molecule is C=CCN(C(=O)/C=C/c1ccc(N2CCCC2=O)cc1)C1CCS(=O)(=O)C1. The van der Waals surface area contributed by atoms with E-state index >= 15 is 0 Å². The van der Waals surface area contributed by atoms with Crippen LogP contribution in [0.1, 0.15) is 24.8 Å². The van der Waals surface area contributed by atoms with Gasteiger partial charge in [-0.25, -0.2) is 8.42 Å². The number of carbonyl (C=O) groups excluding carboxylic acids is 2. The highest BCUT2D eigenvalue weighted by molar-refractivity contribution is 7.91. The first-order valence-electron chi connectivity index (χ1n) is 9.10. The average molecular weight is 388 g/mol. The molecule has 1 unspecified atom stereocenters. The molecule has 2 aliphatic heterocycles. The molecule has 2 aliphatic rings. The summed E-state index contributed by atoms with van der Waals surface area (Å²) in [5.74, 6) is 0.0497. The lowest BCUT2D eigenvalue weighted by molar-refractivity contribution is -0.127. The molecule has 3 rings (SSSR count). The standard InChI is InChI=1S/C20H24N2O4S/c1-2-12-21(18-11-14-27(25,26)15-18)20(24)10-7-16-5-8-17(9-6-16)22-13-3-4-19(22)23/h2,5-10,18H,1,3-4,11-15H2/b10-7+. The second kappa shape index (κ2) is 8.08. The largest absolute Gasteiger partial charge is 0.331 e. The fraction of sp³-hybridized carbons (Fsp3) is 0.400. The Bertz CT molecular complexity index is 858. The molecular weight excluding hydrogens is 364 g/mol. The van der Waals surface area contributed by atoms with Gasteiger partial charge in [-0.15, -0.1) is 6.58 Å². The number of nitrogens with zero attached hydrogens (tertiary/aromatic N) is 2. The molecule has 7 heteroatoms. The molecule has 1 aromatic carbocycles. The van der Waals surface area contributed by atoms with Crippen molar-refractivity contribution in [1.82, 2.24) is 4.90 Å². The van der Waals surface area contributed by atoms with Gasteiger partial charge in [0.15, 0.2) is 9.84 Å². The zero-order chi connectivity index (χ0) is 19.4. The van der Waals surface area contributed by atoms with Crippen LogP contribution in [0.3, 0.4) is 0 Å². The van der Waals surface area contributed by atoms with E-state index in [4.69, 9.17) is 0 Å². The molecule has 6 nitrogen and oxygen atoms in total. The Morgan fingerprint density at radius 3 is 2.59 bits per heavy atom. The van der Waals surface area contributed by atoms with Gasteiger partial charge in [-0.05, 0) is 36.6 Å². The summed E-state index contributed by atoms with van der Waals surface area (Å²) >= 11 is 0. The Kier molecular flexibility index (Phi) is 5.79. The molecule has 2 fully saturated rings. The van der Waals surface area contributed by atoms with Gasteiger partial charge in [-0.1, -0.05) is 18.2 Å². The van der Waals surface area contributed by atoms with Crippen LogP contribution >= 0.6 is 0 Å². The van der Waals surface area contributed by atoms with Crippen LogP contribution in [-0.4, -0.2) is 55.8 Å². The van der Waals surface area contributed by atoms with Gasteiger partial charge in [0.25, 0.3) is 0 Å². The monoisotopic (exact) mass is 388 g/mol. The fourth-order valence-electron chi connectivity index (χ4n) is 3.53. The topological polar surface area (TPSA) is 74.8 Å². The van der Waals surface area contributed by atoms with Gasteiger partial charge in [-0.3, -0.25) is 9.59 Å². The molecule has 0 bridgehead atoms. The van der Waals surface area contributed by atoms with Crippen molar-refractivity contribution in [3.63, 3.8) is 0 Å². The molecule has 0 aliphatic carbocycles. The zero-order valence-electron chi connectivity index (χ0n) is 15.2. The van der Waals surface area contributed by atoms with Crippen LogP contribution in [0.5, 0.6) is 0 Å². The van der Waals surface area contributed by atoms with Crippen molar-refractivity contribution in [2.75, 3.05) is 29.5 Å². The maximum absolute atomic E-state index is 12.6. The van der Waals surface area contributed by atoms with Gasteiger partial charge in [-0.2, -0.15) is 0 Å². The summed E-state index contributed by atoms with van der Waals surface area (Å²) in [6.45, 7) is 4.73. The zero-order valence-corrected chi connectivity index (χ0v) is 16.0. The van der Waals surface area contributed by atoms with E-state index in [2.05, 4.69) is 6.58 Å². The van der Waals surface area contributed by atoms with Crippen LogP contribution in [-0.2, 0) is 19.4 Å². The highest BCUT2D eigenvalue weighted by Gasteiger charge is 2.33. The highest BCUT2D eigenvalue weighted by Crippen LogP contribution is 2.22. The Morgan fingerprint density at radius 1 is 1.30 bits per heavy atom. The van der Waals surface area contributed by atoms with Gasteiger partial charge in [0.2, 0.25) is 11.8 Å². The minimum atomic E-state index is -3.06. The molecule has 2 heterocycles. The molecule has 144 valence electrons.